The minimum Gasteiger partial charge on any atom is -0.394 e. The molecule has 0 bridgehead atoms. The third-order valence-electron chi connectivity index (χ3n) is 3.86. The second kappa shape index (κ2) is 5.68. The van der Waals surface area contributed by atoms with Crippen LogP contribution in [0.4, 0.5) is 5.69 Å². The minimum absolute atomic E-state index is 0.0472. The van der Waals surface area contributed by atoms with Gasteiger partial charge in [0.05, 0.1) is 12.1 Å². The number of rotatable bonds is 4. The van der Waals surface area contributed by atoms with E-state index in [0.29, 0.717) is 0 Å². The zero-order chi connectivity index (χ0) is 14.8. The number of hydrogen-bond acceptors (Lipinski definition) is 2. The lowest BCUT2D eigenvalue weighted by atomic mass is 9.87. The van der Waals surface area contributed by atoms with E-state index in [9.17, 15) is 5.11 Å². The van der Waals surface area contributed by atoms with Crippen molar-refractivity contribution >= 4 is 5.69 Å². The first-order valence-corrected chi connectivity index (χ1v) is 6.99. The summed E-state index contributed by atoms with van der Waals surface area (Å²) in [6.45, 7) is 8.33. The number of benzene rings is 2. The molecule has 2 heteroatoms. The highest BCUT2D eigenvalue weighted by Crippen LogP contribution is 2.30. The van der Waals surface area contributed by atoms with E-state index in [1.54, 1.807) is 0 Å². The summed E-state index contributed by atoms with van der Waals surface area (Å²) in [5.41, 5.74) is 5.29. The Labute approximate surface area is 121 Å². The van der Waals surface area contributed by atoms with E-state index in [1.165, 1.54) is 16.7 Å². The lowest BCUT2D eigenvalue weighted by Crippen LogP contribution is -2.37. The molecule has 0 saturated heterocycles. The molecule has 0 radical (unpaired) electrons. The van der Waals surface area contributed by atoms with Crippen molar-refractivity contribution in [3.05, 3.63) is 64.7 Å². The number of anilines is 1. The number of aliphatic hydroxyl groups is 1. The zero-order valence-corrected chi connectivity index (χ0v) is 12.7. The van der Waals surface area contributed by atoms with Crippen LogP contribution >= 0.6 is 0 Å². The third-order valence-corrected chi connectivity index (χ3v) is 3.86. The topological polar surface area (TPSA) is 32.3 Å². The fourth-order valence-electron chi connectivity index (χ4n) is 2.53. The molecule has 2 aromatic rings. The smallest absolute Gasteiger partial charge is 0.0831 e. The van der Waals surface area contributed by atoms with Gasteiger partial charge in [-0.05, 0) is 50.5 Å². The van der Waals surface area contributed by atoms with Gasteiger partial charge in [0, 0.05) is 5.69 Å². The van der Waals surface area contributed by atoms with E-state index in [0.717, 1.165) is 11.3 Å². The average molecular weight is 269 g/mol. The van der Waals surface area contributed by atoms with Gasteiger partial charge in [-0.25, -0.2) is 0 Å². The van der Waals surface area contributed by atoms with E-state index in [1.807, 2.05) is 25.1 Å². The third kappa shape index (κ3) is 2.86. The lowest BCUT2D eigenvalue weighted by Gasteiger charge is -2.33. The molecule has 2 nitrogen and oxygen atoms in total. The predicted molar refractivity (Wildman–Crippen MR) is 85.2 cm³/mol. The first-order valence-electron chi connectivity index (χ1n) is 6.99. The Morgan fingerprint density at radius 2 is 1.70 bits per heavy atom. The molecule has 0 amide bonds. The van der Waals surface area contributed by atoms with Crippen LogP contribution in [-0.2, 0) is 5.54 Å². The highest BCUT2D eigenvalue weighted by Gasteiger charge is 2.27. The molecule has 0 heterocycles. The number of para-hydroxylation sites is 1. The van der Waals surface area contributed by atoms with Gasteiger partial charge in [-0.15, -0.1) is 0 Å². The summed E-state index contributed by atoms with van der Waals surface area (Å²) in [5.74, 6) is 0. The van der Waals surface area contributed by atoms with Crippen LogP contribution in [0.3, 0.4) is 0 Å². The van der Waals surface area contributed by atoms with Crippen LogP contribution in [0, 0.1) is 20.8 Å². The second-order valence-corrected chi connectivity index (χ2v) is 5.75. The Balaban J connectivity index is 2.43. The Morgan fingerprint density at radius 3 is 2.35 bits per heavy atom. The quantitative estimate of drug-likeness (QED) is 0.881. The molecule has 106 valence electrons. The monoisotopic (exact) mass is 269 g/mol. The van der Waals surface area contributed by atoms with Crippen molar-refractivity contribution < 1.29 is 5.11 Å². The van der Waals surface area contributed by atoms with E-state index in [-0.39, 0.29) is 6.61 Å². The van der Waals surface area contributed by atoms with Crippen LogP contribution in [0.1, 0.15) is 29.2 Å². The van der Waals surface area contributed by atoms with Crippen LogP contribution < -0.4 is 5.32 Å². The lowest BCUT2D eigenvalue weighted by molar-refractivity contribution is 0.223. The molecule has 0 aliphatic rings. The number of hydrogen-bond donors (Lipinski definition) is 2. The van der Waals surface area contributed by atoms with Crippen LogP contribution in [0.25, 0.3) is 0 Å². The van der Waals surface area contributed by atoms with Crippen LogP contribution in [-0.4, -0.2) is 11.7 Å². The van der Waals surface area contributed by atoms with Gasteiger partial charge in [0.2, 0.25) is 0 Å². The molecular formula is C18H23NO. The summed E-state index contributed by atoms with van der Waals surface area (Å²) in [6.07, 6.45) is 0. The maximum absolute atomic E-state index is 9.94. The Hall–Kier alpha value is -1.80. The van der Waals surface area contributed by atoms with Gasteiger partial charge >= 0.3 is 0 Å². The second-order valence-electron chi connectivity index (χ2n) is 5.75. The molecule has 2 aromatic carbocycles. The van der Waals surface area contributed by atoms with E-state index >= 15 is 0 Å². The molecular weight excluding hydrogens is 246 g/mol. The minimum atomic E-state index is -0.484. The maximum Gasteiger partial charge on any atom is 0.0831 e. The van der Waals surface area contributed by atoms with Gasteiger partial charge in [0.1, 0.15) is 0 Å². The van der Waals surface area contributed by atoms with Crippen molar-refractivity contribution in [1.29, 1.82) is 0 Å². The maximum atomic E-state index is 9.94. The van der Waals surface area contributed by atoms with E-state index < -0.39 is 5.54 Å². The van der Waals surface area contributed by atoms with Crippen molar-refractivity contribution in [3.63, 3.8) is 0 Å². The number of nitrogens with one attached hydrogen (secondary N) is 1. The van der Waals surface area contributed by atoms with Crippen molar-refractivity contribution in [2.75, 3.05) is 11.9 Å². The molecule has 1 unspecified atom stereocenters. The Kier molecular flexibility index (Phi) is 4.15. The summed E-state index contributed by atoms with van der Waals surface area (Å²) in [7, 11) is 0. The van der Waals surface area contributed by atoms with Gasteiger partial charge in [-0.1, -0.05) is 42.0 Å². The van der Waals surface area contributed by atoms with Gasteiger partial charge < -0.3 is 10.4 Å². The zero-order valence-electron chi connectivity index (χ0n) is 12.7. The predicted octanol–water partition coefficient (Wildman–Crippen LogP) is 3.93. The molecule has 0 aliphatic heterocycles. The number of aliphatic hydroxyl groups excluding tert-OH is 1. The Bertz CT molecular complexity index is 606. The molecule has 0 aliphatic carbocycles. The fraction of sp³-hybridized carbons (Fsp3) is 0.333. The van der Waals surface area contributed by atoms with Gasteiger partial charge in [-0.3, -0.25) is 0 Å². The van der Waals surface area contributed by atoms with E-state index in [2.05, 4.69) is 50.4 Å². The average Bonchev–Trinajstić information content (AvgIpc) is 2.44. The fourth-order valence-corrected chi connectivity index (χ4v) is 2.53. The standard InChI is InChI=1S/C18H23NO/c1-13-9-10-14(2)16(11-13)18(4,12-20)19-17-8-6-5-7-15(17)3/h5-11,19-20H,12H2,1-4H3. The van der Waals surface area contributed by atoms with Crippen molar-refractivity contribution in [2.24, 2.45) is 0 Å². The van der Waals surface area contributed by atoms with Crippen LogP contribution in [0.5, 0.6) is 0 Å². The summed E-state index contributed by atoms with van der Waals surface area (Å²) in [5, 5.41) is 13.5. The normalized spacial score (nSPS) is 13.8. The molecule has 0 saturated carbocycles. The molecule has 20 heavy (non-hydrogen) atoms. The summed E-state index contributed by atoms with van der Waals surface area (Å²) >= 11 is 0. The Morgan fingerprint density at radius 1 is 1.00 bits per heavy atom. The largest absolute Gasteiger partial charge is 0.394 e. The first kappa shape index (κ1) is 14.6. The SMILES string of the molecule is Cc1ccc(C)c(C(C)(CO)Nc2ccccc2C)c1. The van der Waals surface area contributed by atoms with Gasteiger partial charge in [-0.2, -0.15) is 0 Å². The van der Waals surface area contributed by atoms with E-state index in [4.69, 9.17) is 0 Å². The molecule has 1 atom stereocenters. The molecule has 0 aromatic heterocycles. The van der Waals surface area contributed by atoms with Crippen molar-refractivity contribution in [1.82, 2.24) is 0 Å². The first-order chi connectivity index (χ1) is 9.46. The summed E-state index contributed by atoms with van der Waals surface area (Å²) < 4.78 is 0. The van der Waals surface area contributed by atoms with Crippen molar-refractivity contribution in [3.8, 4) is 0 Å². The highest BCUT2D eigenvalue weighted by atomic mass is 16.3. The summed E-state index contributed by atoms with van der Waals surface area (Å²) in [4.78, 5) is 0. The molecule has 0 spiro atoms. The number of aryl methyl sites for hydroxylation is 3. The summed E-state index contributed by atoms with van der Waals surface area (Å²) in [6, 6.07) is 14.5. The molecule has 2 rings (SSSR count). The van der Waals surface area contributed by atoms with Gasteiger partial charge in [0.25, 0.3) is 0 Å². The molecule has 0 fully saturated rings. The van der Waals surface area contributed by atoms with Crippen LogP contribution in [0.15, 0.2) is 42.5 Å². The highest BCUT2D eigenvalue weighted by molar-refractivity contribution is 5.54. The van der Waals surface area contributed by atoms with Gasteiger partial charge in [0.15, 0.2) is 0 Å². The van der Waals surface area contributed by atoms with Crippen LogP contribution in [0.2, 0.25) is 0 Å². The molecule has 2 N–H and O–H groups in total. The van der Waals surface area contributed by atoms with Crippen molar-refractivity contribution in [2.45, 2.75) is 33.2 Å².